The maximum Gasteiger partial charge on any atom is 0.490 e. The third kappa shape index (κ3) is 9.20. The second kappa shape index (κ2) is 12.2. The van der Waals surface area contributed by atoms with Crippen LogP contribution in [0.2, 0.25) is 0 Å². The van der Waals surface area contributed by atoms with E-state index in [4.69, 9.17) is 20.4 Å². The van der Waals surface area contributed by atoms with E-state index in [1.165, 1.54) is 0 Å². The molecule has 0 heterocycles. The molecule has 0 aliphatic rings. The van der Waals surface area contributed by atoms with Crippen LogP contribution in [0.15, 0.2) is 60.7 Å². The van der Waals surface area contributed by atoms with Crippen LogP contribution in [-0.2, 0) is 19.1 Å². The number of carboxylic acids is 1. The van der Waals surface area contributed by atoms with E-state index in [2.05, 4.69) is 5.32 Å². The lowest BCUT2D eigenvalue weighted by atomic mass is 9.99. The molecule has 0 spiro atoms. The van der Waals surface area contributed by atoms with Gasteiger partial charge in [0, 0.05) is 6.54 Å². The average molecular weight is 426 g/mol. The van der Waals surface area contributed by atoms with Gasteiger partial charge in [0.05, 0.1) is 12.5 Å². The Morgan fingerprint density at radius 3 is 1.77 bits per heavy atom. The number of ether oxygens (including phenoxy) is 1. The molecule has 2 rings (SSSR count). The lowest BCUT2D eigenvalue weighted by Crippen LogP contribution is -2.33. The number of carbonyl (C=O) groups excluding carboxylic acids is 2. The van der Waals surface area contributed by atoms with Crippen molar-refractivity contribution < 1.29 is 37.4 Å². The predicted octanol–water partition coefficient (Wildman–Crippen LogP) is 2.42. The molecule has 0 aliphatic heterocycles. The number of alkyl halides is 3. The lowest BCUT2D eigenvalue weighted by molar-refractivity contribution is -0.192. The van der Waals surface area contributed by atoms with Crippen LogP contribution in [-0.4, -0.2) is 42.3 Å². The Labute approximate surface area is 170 Å². The van der Waals surface area contributed by atoms with E-state index in [1.807, 2.05) is 60.7 Å². The molecule has 0 saturated carbocycles. The largest absolute Gasteiger partial charge is 0.490 e. The molecule has 0 saturated heterocycles. The van der Waals surface area contributed by atoms with Crippen LogP contribution < -0.4 is 11.1 Å². The normalized spacial score (nSPS) is 10.6. The average Bonchev–Trinajstić information content (AvgIpc) is 2.72. The van der Waals surface area contributed by atoms with Gasteiger partial charge in [-0.25, -0.2) is 4.79 Å². The summed E-state index contributed by atoms with van der Waals surface area (Å²) in [6.07, 6.45) is -4.98. The van der Waals surface area contributed by atoms with Crippen molar-refractivity contribution in [3.63, 3.8) is 0 Å². The summed E-state index contributed by atoms with van der Waals surface area (Å²) in [5.41, 5.74) is 7.18. The Kier molecular flexibility index (Phi) is 10.0. The molecular weight excluding hydrogens is 405 g/mol. The Hall–Kier alpha value is -3.40. The van der Waals surface area contributed by atoms with Gasteiger partial charge in [-0.3, -0.25) is 9.59 Å². The van der Waals surface area contributed by atoms with Crippen LogP contribution in [0.5, 0.6) is 0 Å². The Bertz CT molecular complexity index is 775. The molecule has 0 atom stereocenters. The molecule has 0 bridgehead atoms. The van der Waals surface area contributed by atoms with Crippen LogP contribution in [0.1, 0.15) is 23.6 Å². The van der Waals surface area contributed by atoms with Gasteiger partial charge in [-0.2, -0.15) is 13.2 Å². The van der Waals surface area contributed by atoms with Crippen molar-refractivity contribution in [1.29, 1.82) is 0 Å². The van der Waals surface area contributed by atoms with Crippen LogP contribution in [0.4, 0.5) is 13.2 Å². The molecule has 162 valence electrons. The number of esters is 1. The van der Waals surface area contributed by atoms with E-state index in [0.29, 0.717) is 0 Å². The fraction of sp³-hybridized carbons (Fsp3) is 0.250. The third-order valence-corrected chi connectivity index (χ3v) is 3.53. The van der Waals surface area contributed by atoms with E-state index < -0.39 is 18.1 Å². The fourth-order valence-corrected chi connectivity index (χ4v) is 2.19. The number of amides is 1. The zero-order chi connectivity index (χ0) is 22.6. The smallest absolute Gasteiger partial charge is 0.475 e. The SMILES string of the molecule is NCCC(=O)OCC(=O)NC(c1ccccc1)c1ccccc1.O=C(O)C(F)(F)F. The Morgan fingerprint density at radius 2 is 1.40 bits per heavy atom. The van der Waals surface area contributed by atoms with Gasteiger partial charge < -0.3 is 20.9 Å². The highest BCUT2D eigenvalue weighted by atomic mass is 19.4. The highest BCUT2D eigenvalue weighted by Gasteiger charge is 2.38. The number of halogens is 3. The molecule has 30 heavy (non-hydrogen) atoms. The number of carboxylic acid groups (broad SMARTS) is 1. The van der Waals surface area contributed by atoms with Gasteiger partial charge in [-0.15, -0.1) is 0 Å². The summed E-state index contributed by atoms with van der Waals surface area (Å²) in [4.78, 5) is 32.3. The van der Waals surface area contributed by atoms with Crippen molar-refractivity contribution in [2.75, 3.05) is 13.2 Å². The van der Waals surface area contributed by atoms with E-state index in [9.17, 15) is 22.8 Å². The molecule has 0 aromatic heterocycles. The number of nitrogens with one attached hydrogen (secondary N) is 1. The second-order valence-electron chi connectivity index (χ2n) is 5.82. The minimum Gasteiger partial charge on any atom is -0.475 e. The van der Waals surface area contributed by atoms with Crippen molar-refractivity contribution in [1.82, 2.24) is 5.32 Å². The van der Waals surface area contributed by atoms with Gasteiger partial charge in [-0.1, -0.05) is 60.7 Å². The van der Waals surface area contributed by atoms with E-state index in [-0.39, 0.29) is 31.5 Å². The number of aliphatic carboxylic acids is 1. The zero-order valence-electron chi connectivity index (χ0n) is 15.8. The molecular formula is C20H21F3N2O5. The topological polar surface area (TPSA) is 119 Å². The van der Waals surface area contributed by atoms with Gasteiger partial charge in [-0.05, 0) is 11.1 Å². The molecule has 4 N–H and O–H groups in total. The zero-order valence-corrected chi connectivity index (χ0v) is 15.8. The summed E-state index contributed by atoms with van der Waals surface area (Å²) in [7, 11) is 0. The summed E-state index contributed by atoms with van der Waals surface area (Å²) in [5.74, 6) is -3.58. The Balaban J connectivity index is 0.000000553. The van der Waals surface area contributed by atoms with Crippen molar-refractivity contribution in [2.24, 2.45) is 5.73 Å². The first kappa shape index (κ1) is 24.6. The van der Waals surface area contributed by atoms with E-state index >= 15 is 0 Å². The van der Waals surface area contributed by atoms with Crippen molar-refractivity contribution in [3.05, 3.63) is 71.8 Å². The van der Waals surface area contributed by atoms with Crippen LogP contribution in [0, 0.1) is 0 Å². The first-order chi connectivity index (χ1) is 14.1. The van der Waals surface area contributed by atoms with Gasteiger partial charge in [0.1, 0.15) is 0 Å². The summed E-state index contributed by atoms with van der Waals surface area (Å²) in [6.45, 7) is -0.105. The van der Waals surface area contributed by atoms with Gasteiger partial charge in [0.15, 0.2) is 6.61 Å². The maximum absolute atomic E-state index is 12.1. The van der Waals surface area contributed by atoms with E-state index in [1.54, 1.807) is 0 Å². The molecule has 7 nitrogen and oxygen atoms in total. The Morgan fingerprint density at radius 1 is 0.967 bits per heavy atom. The molecule has 1 amide bonds. The van der Waals surface area contributed by atoms with Crippen LogP contribution in [0.25, 0.3) is 0 Å². The first-order valence-corrected chi connectivity index (χ1v) is 8.70. The lowest BCUT2D eigenvalue weighted by Gasteiger charge is -2.19. The third-order valence-electron chi connectivity index (χ3n) is 3.53. The summed E-state index contributed by atoms with van der Waals surface area (Å²) < 4.78 is 36.6. The van der Waals surface area contributed by atoms with Gasteiger partial charge in [0.25, 0.3) is 5.91 Å². The number of rotatable bonds is 7. The molecule has 0 aliphatic carbocycles. The summed E-state index contributed by atoms with van der Waals surface area (Å²) in [5, 5.41) is 10.0. The first-order valence-electron chi connectivity index (χ1n) is 8.70. The molecule has 0 radical (unpaired) electrons. The molecule has 0 unspecified atom stereocenters. The highest BCUT2D eigenvalue weighted by Crippen LogP contribution is 2.21. The van der Waals surface area contributed by atoms with Gasteiger partial charge >= 0.3 is 18.1 Å². The molecule has 0 fully saturated rings. The summed E-state index contributed by atoms with van der Waals surface area (Å²) in [6, 6.07) is 19.0. The second-order valence-corrected chi connectivity index (χ2v) is 5.82. The molecule has 2 aromatic rings. The number of hydrogen-bond donors (Lipinski definition) is 3. The number of nitrogens with two attached hydrogens (primary N) is 1. The minimum absolute atomic E-state index is 0.105. The number of carbonyl (C=O) groups is 3. The van der Waals surface area contributed by atoms with Gasteiger partial charge in [0.2, 0.25) is 0 Å². The van der Waals surface area contributed by atoms with Crippen molar-refractivity contribution in [3.8, 4) is 0 Å². The molecule has 2 aromatic carbocycles. The predicted molar refractivity (Wildman–Crippen MR) is 101 cm³/mol. The summed E-state index contributed by atoms with van der Waals surface area (Å²) >= 11 is 0. The van der Waals surface area contributed by atoms with Crippen LogP contribution >= 0.6 is 0 Å². The van der Waals surface area contributed by atoms with Crippen molar-refractivity contribution >= 4 is 17.8 Å². The van der Waals surface area contributed by atoms with Crippen LogP contribution in [0.3, 0.4) is 0 Å². The fourth-order valence-electron chi connectivity index (χ4n) is 2.19. The monoisotopic (exact) mass is 426 g/mol. The van der Waals surface area contributed by atoms with Crippen molar-refractivity contribution in [2.45, 2.75) is 18.6 Å². The standard InChI is InChI=1S/C18H20N2O3.C2HF3O2/c19-12-11-17(22)23-13-16(21)20-18(14-7-3-1-4-8-14)15-9-5-2-6-10-15;3-2(4,5)1(6)7/h1-10,18H,11-13,19H2,(H,20,21);(H,6,7). The highest BCUT2D eigenvalue weighted by molar-refractivity contribution is 5.81. The van der Waals surface area contributed by atoms with E-state index in [0.717, 1.165) is 11.1 Å². The molecule has 10 heteroatoms. The maximum atomic E-state index is 12.1. The number of benzene rings is 2. The number of hydrogen-bond acceptors (Lipinski definition) is 5. The minimum atomic E-state index is -5.08. The quantitative estimate of drug-likeness (QED) is 0.585.